The standard InChI is InChI=1S/C51H41N/c1-51(2)48-22-12-10-21-45(48)46-31-29-38(33-49(46)51)52(37-27-24-35(25-28-37)34-14-4-3-5-15-34)50-23-13-11-16-39(50)36-26-30-44-42-19-7-6-17-40(42)41-18-8-9-20-43(41)47(44)32-36/h3-22,24-32,49-50H,23,33H2,1-2H3. The fraction of sp³-hybridized carbons (Fsp3) is 0.137. The Kier molecular flexibility index (Phi) is 7.18. The lowest BCUT2D eigenvalue weighted by Gasteiger charge is -2.41. The van der Waals surface area contributed by atoms with Crippen LogP contribution >= 0.6 is 0 Å². The first-order valence-electron chi connectivity index (χ1n) is 18.7. The number of nitrogens with zero attached hydrogens (tertiary/aromatic N) is 1. The minimum absolute atomic E-state index is 0.0537. The molecule has 1 nitrogen and oxygen atoms in total. The molecule has 0 amide bonds. The van der Waals surface area contributed by atoms with Crippen molar-refractivity contribution < 1.29 is 0 Å². The molecule has 2 atom stereocenters. The summed E-state index contributed by atoms with van der Waals surface area (Å²) < 4.78 is 0. The molecule has 0 bridgehead atoms. The molecule has 0 heterocycles. The van der Waals surface area contributed by atoms with E-state index in [9.17, 15) is 0 Å². The van der Waals surface area contributed by atoms with Crippen molar-refractivity contribution in [2.45, 2.75) is 38.1 Å². The van der Waals surface area contributed by atoms with Gasteiger partial charge in [-0.25, -0.2) is 0 Å². The monoisotopic (exact) mass is 667 g/mol. The Labute approximate surface area is 306 Å². The smallest absolute Gasteiger partial charge is 0.0628 e. The Morgan fingerprint density at radius 1 is 0.519 bits per heavy atom. The lowest BCUT2D eigenvalue weighted by Crippen LogP contribution is -2.38. The van der Waals surface area contributed by atoms with Crippen molar-refractivity contribution >= 4 is 49.2 Å². The third-order valence-corrected chi connectivity index (χ3v) is 12.1. The van der Waals surface area contributed by atoms with Gasteiger partial charge in [0.1, 0.15) is 0 Å². The summed E-state index contributed by atoms with van der Waals surface area (Å²) in [4.78, 5) is 2.67. The highest BCUT2D eigenvalue weighted by Crippen LogP contribution is 2.54. The van der Waals surface area contributed by atoms with Crippen LogP contribution in [0.3, 0.4) is 0 Å². The molecule has 0 aromatic heterocycles. The minimum Gasteiger partial charge on any atom is -0.337 e. The second kappa shape index (κ2) is 12.1. The molecule has 0 saturated heterocycles. The SMILES string of the molecule is CC1(C)c2ccccc2C2=CC=C(N(c3ccc(-c4ccccc4)cc3)C3CC=CC=C3c3ccc4c5ccccc5c5ccccc5c4c3)CC21. The van der Waals surface area contributed by atoms with Crippen LogP contribution in [0.1, 0.15) is 43.4 Å². The first-order chi connectivity index (χ1) is 25.6. The fourth-order valence-electron chi connectivity index (χ4n) is 9.50. The molecule has 3 aliphatic rings. The summed E-state index contributed by atoms with van der Waals surface area (Å²) in [6, 6.07) is 54.1. The first-order valence-corrected chi connectivity index (χ1v) is 18.7. The number of hydrogen-bond acceptors (Lipinski definition) is 1. The van der Waals surface area contributed by atoms with E-state index < -0.39 is 0 Å². The highest BCUT2D eigenvalue weighted by molar-refractivity contribution is 6.25. The summed E-state index contributed by atoms with van der Waals surface area (Å²) in [5, 5.41) is 7.87. The van der Waals surface area contributed by atoms with E-state index in [0.717, 1.165) is 12.8 Å². The number of benzene rings is 7. The highest BCUT2D eigenvalue weighted by Gasteiger charge is 2.44. The van der Waals surface area contributed by atoms with Gasteiger partial charge in [-0.2, -0.15) is 0 Å². The maximum atomic E-state index is 2.67. The van der Waals surface area contributed by atoms with E-state index in [1.807, 2.05) is 0 Å². The van der Waals surface area contributed by atoms with Gasteiger partial charge in [-0.15, -0.1) is 0 Å². The first kappa shape index (κ1) is 30.9. The third kappa shape index (κ3) is 4.83. The summed E-state index contributed by atoms with van der Waals surface area (Å²) in [7, 11) is 0. The largest absolute Gasteiger partial charge is 0.337 e. The zero-order valence-electron chi connectivity index (χ0n) is 29.8. The number of fused-ring (bicyclic) bond motifs is 9. The van der Waals surface area contributed by atoms with Crippen LogP contribution in [-0.2, 0) is 5.41 Å². The van der Waals surface area contributed by atoms with Crippen molar-refractivity contribution in [2.75, 3.05) is 4.90 Å². The number of anilines is 1. The van der Waals surface area contributed by atoms with Crippen molar-refractivity contribution in [2.24, 2.45) is 5.92 Å². The van der Waals surface area contributed by atoms with E-state index in [1.54, 1.807) is 0 Å². The molecule has 0 radical (unpaired) electrons. The second-order valence-electron chi connectivity index (χ2n) is 15.2. The van der Waals surface area contributed by atoms with Crippen LogP contribution in [0.15, 0.2) is 182 Å². The Bertz CT molecular complexity index is 2610. The summed E-state index contributed by atoms with van der Waals surface area (Å²) in [6.45, 7) is 4.88. The van der Waals surface area contributed by atoms with Crippen molar-refractivity contribution in [3.63, 3.8) is 0 Å². The van der Waals surface area contributed by atoms with E-state index in [4.69, 9.17) is 0 Å². The molecule has 10 rings (SSSR count). The van der Waals surface area contributed by atoms with E-state index in [0.29, 0.717) is 5.92 Å². The third-order valence-electron chi connectivity index (χ3n) is 12.1. The fourth-order valence-corrected chi connectivity index (χ4v) is 9.50. The Balaban J connectivity index is 1.12. The Hall–Kier alpha value is -5.92. The van der Waals surface area contributed by atoms with Gasteiger partial charge in [0.25, 0.3) is 0 Å². The normalized spacial score (nSPS) is 18.8. The van der Waals surface area contributed by atoms with Gasteiger partial charge >= 0.3 is 0 Å². The molecular formula is C51H41N. The van der Waals surface area contributed by atoms with Crippen LogP contribution in [0.2, 0.25) is 0 Å². The molecule has 250 valence electrons. The molecule has 52 heavy (non-hydrogen) atoms. The van der Waals surface area contributed by atoms with E-state index >= 15 is 0 Å². The van der Waals surface area contributed by atoms with Gasteiger partial charge in [0.15, 0.2) is 0 Å². The summed E-state index contributed by atoms with van der Waals surface area (Å²) >= 11 is 0. The highest BCUT2D eigenvalue weighted by atomic mass is 15.2. The second-order valence-corrected chi connectivity index (χ2v) is 15.2. The maximum absolute atomic E-state index is 2.67. The van der Waals surface area contributed by atoms with Crippen molar-refractivity contribution in [3.05, 3.63) is 198 Å². The van der Waals surface area contributed by atoms with Crippen LogP contribution in [0, 0.1) is 5.92 Å². The molecule has 3 aliphatic carbocycles. The predicted molar refractivity (Wildman–Crippen MR) is 222 cm³/mol. The molecule has 2 unspecified atom stereocenters. The van der Waals surface area contributed by atoms with Crippen molar-refractivity contribution in [1.82, 2.24) is 0 Å². The molecule has 0 saturated carbocycles. The molecule has 1 heteroatoms. The topological polar surface area (TPSA) is 3.24 Å². The van der Waals surface area contributed by atoms with Gasteiger partial charge in [0, 0.05) is 11.4 Å². The van der Waals surface area contributed by atoms with Crippen LogP contribution in [0.4, 0.5) is 5.69 Å². The lowest BCUT2D eigenvalue weighted by molar-refractivity contribution is 0.403. The minimum atomic E-state index is 0.0537. The summed E-state index contributed by atoms with van der Waals surface area (Å²) in [5.74, 6) is 0.419. The quantitative estimate of drug-likeness (QED) is 0.165. The average molecular weight is 668 g/mol. The molecule has 0 spiro atoms. The van der Waals surface area contributed by atoms with Crippen LogP contribution < -0.4 is 4.90 Å². The van der Waals surface area contributed by atoms with Crippen LogP contribution in [0.5, 0.6) is 0 Å². The number of rotatable bonds is 5. The zero-order chi connectivity index (χ0) is 34.8. The summed E-state index contributed by atoms with van der Waals surface area (Å²) in [6.07, 6.45) is 13.8. The van der Waals surface area contributed by atoms with Gasteiger partial charge in [-0.1, -0.05) is 166 Å². The van der Waals surface area contributed by atoms with Crippen LogP contribution in [-0.4, -0.2) is 6.04 Å². The van der Waals surface area contributed by atoms with E-state index in [1.165, 1.54) is 82.7 Å². The van der Waals surface area contributed by atoms with E-state index in [-0.39, 0.29) is 11.5 Å². The van der Waals surface area contributed by atoms with Crippen molar-refractivity contribution in [3.8, 4) is 11.1 Å². The zero-order valence-corrected chi connectivity index (χ0v) is 29.8. The molecule has 7 aromatic carbocycles. The molecule has 0 fully saturated rings. The van der Waals surface area contributed by atoms with Gasteiger partial charge < -0.3 is 4.90 Å². The number of allylic oxidation sites excluding steroid dienone is 6. The average Bonchev–Trinajstić information content (AvgIpc) is 3.44. The van der Waals surface area contributed by atoms with Gasteiger partial charge in [0.05, 0.1) is 6.04 Å². The molecule has 0 N–H and O–H groups in total. The Morgan fingerprint density at radius 3 is 1.85 bits per heavy atom. The maximum Gasteiger partial charge on any atom is 0.0628 e. The predicted octanol–water partition coefficient (Wildman–Crippen LogP) is 13.3. The Morgan fingerprint density at radius 2 is 1.12 bits per heavy atom. The van der Waals surface area contributed by atoms with Crippen molar-refractivity contribution in [1.29, 1.82) is 0 Å². The lowest BCUT2D eigenvalue weighted by atomic mass is 9.73. The van der Waals surface area contributed by atoms with Gasteiger partial charge in [-0.05, 0) is 120 Å². The van der Waals surface area contributed by atoms with E-state index in [2.05, 4.69) is 195 Å². The summed E-state index contributed by atoms with van der Waals surface area (Å²) in [5.41, 5.74) is 12.2. The number of hydrogen-bond donors (Lipinski definition) is 0. The molecule has 7 aromatic rings. The molecule has 0 aliphatic heterocycles. The van der Waals surface area contributed by atoms with Gasteiger partial charge in [0.2, 0.25) is 0 Å². The van der Waals surface area contributed by atoms with Crippen LogP contribution in [0.25, 0.3) is 54.6 Å². The van der Waals surface area contributed by atoms with Gasteiger partial charge in [-0.3, -0.25) is 0 Å². The molecular weight excluding hydrogens is 627 g/mol.